The highest BCUT2D eigenvalue weighted by atomic mass is 16.2. The van der Waals surface area contributed by atoms with E-state index in [9.17, 15) is 0 Å². The molecule has 0 aliphatic carbocycles. The average Bonchev–Trinajstić information content (AvgIpc) is 1.91. The molecular weight excluding hydrogens is 128 g/mol. The summed E-state index contributed by atoms with van der Waals surface area (Å²) < 4.78 is 0. The first-order chi connectivity index (χ1) is 4.81. The van der Waals surface area contributed by atoms with Gasteiger partial charge in [-0.25, -0.2) is 0 Å². The Morgan fingerprint density at radius 3 is 1.90 bits per heavy atom. The van der Waals surface area contributed by atoms with Gasteiger partial charge >= 0.3 is 0 Å². The highest BCUT2D eigenvalue weighted by Crippen LogP contribution is 1.95. The molecule has 0 saturated carbocycles. The van der Waals surface area contributed by atoms with E-state index >= 15 is 0 Å². The molecule has 0 amide bonds. The third-order valence-electron chi connectivity index (χ3n) is 0.800. The van der Waals surface area contributed by atoms with Gasteiger partial charge in [-0.15, -0.1) is 0 Å². The Hall–Kier alpha value is -1.38. The molecule has 0 atom stereocenters. The lowest BCUT2D eigenvalue weighted by atomic mass is 10.3. The van der Waals surface area contributed by atoms with E-state index < -0.39 is 0 Å². The molecule has 3 nitrogen and oxygen atoms in total. The molecule has 3 heteroatoms. The van der Waals surface area contributed by atoms with Gasteiger partial charge in [-0.05, 0) is 12.1 Å². The quantitative estimate of drug-likeness (QED) is 0.437. The van der Waals surface area contributed by atoms with Crippen molar-refractivity contribution in [1.82, 2.24) is 0 Å². The van der Waals surface area contributed by atoms with Crippen LogP contribution in [-0.4, -0.2) is 7.05 Å². The lowest BCUT2D eigenvalue weighted by Gasteiger charge is -1.83. The van der Waals surface area contributed by atoms with E-state index in [0.29, 0.717) is 0 Å². The minimum absolute atomic E-state index is 0.822. The van der Waals surface area contributed by atoms with Crippen molar-refractivity contribution >= 4 is 5.69 Å². The minimum Gasteiger partial charge on any atom is -0.399 e. The topological polar surface area (TPSA) is 55.5 Å². The zero-order valence-electron chi connectivity index (χ0n) is 5.82. The summed E-state index contributed by atoms with van der Waals surface area (Å²) in [6, 6.07) is 9.49. The molecular formula is C7H10N2O. The molecule has 1 aromatic carbocycles. The maximum atomic E-state index is 8.56. The van der Waals surface area contributed by atoms with Crippen LogP contribution in [0, 0.1) is 4.91 Å². The molecule has 0 radical (unpaired) electrons. The Kier molecular flexibility index (Phi) is 4.96. The molecule has 0 spiro atoms. The number of hydrogen-bond acceptors (Lipinski definition) is 3. The molecule has 0 saturated heterocycles. The number of para-hydroxylation sites is 1. The summed E-state index contributed by atoms with van der Waals surface area (Å²) in [7, 11) is 1.19. The summed E-state index contributed by atoms with van der Waals surface area (Å²) in [5, 5.41) is 2.25. The molecule has 0 aliphatic rings. The highest BCUT2D eigenvalue weighted by Gasteiger charge is 1.72. The SMILES string of the molecule is CN=O.Nc1ccccc1. The maximum absolute atomic E-state index is 8.56. The smallest absolute Gasteiger partial charge is 0.0700 e. The summed E-state index contributed by atoms with van der Waals surface area (Å²) in [5.74, 6) is 0. The average molecular weight is 138 g/mol. The van der Waals surface area contributed by atoms with E-state index in [-0.39, 0.29) is 0 Å². The number of nitrogens with two attached hydrogens (primary N) is 1. The fraction of sp³-hybridized carbons (Fsp3) is 0.143. The molecule has 0 aromatic heterocycles. The zero-order valence-corrected chi connectivity index (χ0v) is 5.82. The molecule has 0 aliphatic heterocycles. The van der Waals surface area contributed by atoms with Gasteiger partial charge < -0.3 is 5.73 Å². The number of nitrogens with zero attached hydrogens (tertiary/aromatic N) is 1. The van der Waals surface area contributed by atoms with Gasteiger partial charge in [0.25, 0.3) is 0 Å². The van der Waals surface area contributed by atoms with E-state index in [2.05, 4.69) is 5.18 Å². The molecule has 0 bridgehead atoms. The molecule has 0 heterocycles. The lowest BCUT2D eigenvalue weighted by Crippen LogP contribution is -1.79. The van der Waals surface area contributed by atoms with Crippen molar-refractivity contribution in [1.29, 1.82) is 0 Å². The summed E-state index contributed by atoms with van der Waals surface area (Å²) in [4.78, 5) is 8.56. The number of nitroso groups, excluding NO2 is 1. The Morgan fingerprint density at radius 2 is 1.70 bits per heavy atom. The summed E-state index contributed by atoms with van der Waals surface area (Å²) in [6.07, 6.45) is 0. The predicted molar refractivity (Wildman–Crippen MR) is 42.6 cm³/mol. The van der Waals surface area contributed by atoms with Crippen molar-refractivity contribution < 1.29 is 0 Å². The fourth-order valence-electron chi connectivity index (χ4n) is 0.453. The monoisotopic (exact) mass is 138 g/mol. The van der Waals surface area contributed by atoms with E-state index in [1.807, 2.05) is 30.3 Å². The van der Waals surface area contributed by atoms with Gasteiger partial charge in [-0.3, -0.25) is 0 Å². The van der Waals surface area contributed by atoms with E-state index in [1.54, 1.807) is 0 Å². The van der Waals surface area contributed by atoms with Crippen LogP contribution < -0.4 is 5.73 Å². The third-order valence-corrected chi connectivity index (χ3v) is 0.800. The van der Waals surface area contributed by atoms with Crippen molar-refractivity contribution in [2.45, 2.75) is 0 Å². The van der Waals surface area contributed by atoms with Crippen LogP contribution in [0.15, 0.2) is 35.5 Å². The number of rotatable bonds is 0. The number of hydrogen-bond donors (Lipinski definition) is 1. The molecule has 1 rings (SSSR count). The Balaban J connectivity index is 0.000000236. The fourth-order valence-corrected chi connectivity index (χ4v) is 0.453. The Labute approximate surface area is 59.8 Å². The summed E-state index contributed by atoms with van der Waals surface area (Å²) in [6.45, 7) is 0. The van der Waals surface area contributed by atoms with Crippen LogP contribution in [0.2, 0.25) is 0 Å². The van der Waals surface area contributed by atoms with Gasteiger partial charge in [0.1, 0.15) is 0 Å². The van der Waals surface area contributed by atoms with E-state index in [1.165, 1.54) is 7.05 Å². The van der Waals surface area contributed by atoms with Crippen molar-refractivity contribution in [2.24, 2.45) is 5.18 Å². The van der Waals surface area contributed by atoms with Gasteiger partial charge in [0.05, 0.1) is 7.05 Å². The van der Waals surface area contributed by atoms with Crippen molar-refractivity contribution in [3.05, 3.63) is 35.2 Å². The molecule has 54 valence electrons. The van der Waals surface area contributed by atoms with Gasteiger partial charge in [-0.1, -0.05) is 23.4 Å². The standard InChI is InChI=1S/C6H7N.CH3NO/c7-6-4-2-1-3-5-6;1-2-3/h1-5H,7H2;1H3. The highest BCUT2D eigenvalue weighted by molar-refractivity contribution is 5.35. The van der Waals surface area contributed by atoms with Crippen LogP contribution in [0.5, 0.6) is 0 Å². The van der Waals surface area contributed by atoms with Crippen molar-refractivity contribution in [2.75, 3.05) is 12.8 Å². The number of anilines is 1. The van der Waals surface area contributed by atoms with Gasteiger partial charge in [-0.2, -0.15) is 4.91 Å². The Morgan fingerprint density at radius 1 is 1.30 bits per heavy atom. The van der Waals surface area contributed by atoms with E-state index in [0.717, 1.165) is 5.69 Å². The second kappa shape index (κ2) is 5.75. The van der Waals surface area contributed by atoms with Crippen molar-refractivity contribution in [3.63, 3.8) is 0 Å². The van der Waals surface area contributed by atoms with Crippen LogP contribution in [0.1, 0.15) is 0 Å². The van der Waals surface area contributed by atoms with Crippen LogP contribution in [0.3, 0.4) is 0 Å². The van der Waals surface area contributed by atoms with Crippen LogP contribution in [0.25, 0.3) is 0 Å². The minimum atomic E-state index is 0.822. The first kappa shape index (κ1) is 8.62. The van der Waals surface area contributed by atoms with Crippen LogP contribution >= 0.6 is 0 Å². The molecule has 10 heavy (non-hydrogen) atoms. The Bertz CT molecular complexity index is 174. The molecule has 1 aromatic rings. The lowest BCUT2D eigenvalue weighted by molar-refractivity contribution is 1.42. The van der Waals surface area contributed by atoms with Crippen molar-refractivity contribution in [3.8, 4) is 0 Å². The predicted octanol–water partition coefficient (Wildman–Crippen LogP) is 1.65. The van der Waals surface area contributed by atoms with Gasteiger partial charge in [0.2, 0.25) is 0 Å². The normalized spacial score (nSPS) is 7.30. The zero-order chi connectivity index (χ0) is 7.82. The largest absolute Gasteiger partial charge is 0.399 e. The number of nitrogen functional groups attached to an aromatic ring is 1. The molecule has 0 unspecified atom stereocenters. The summed E-state index contributed by atoms with van der Waals surface area (Å²) >= 11 is 0. The van der Waals surface area contributed by atoms with E-state index in [4.69, 9.17) is 10.6 Å². The molecule has 2 N–H and O–H groups in total. The first-order valence-electron chi connectivity index (χ1n) is 2.83. The van der Waals surface area contributed by atoms with Gasteiger partial charge in [0, 0.05) is 5.69 Å². The third kappa shape index (κ3) is 4.77. The maximum Gasteiger partial charge on any atom is 0.0700 e. The van der Waals surface area contributed by atoms with Gasteiger partial charge in [0.15, 0.2) is 0 Å². The second-order valence-corrected chi connectivity index (χ2v) is 1.59. The molecule has 0 fully saturated rings. The first-order valence-corrected chi connectivity index (χ1v) is 2.83. The van der Waals surface area contributed by atoms with Crippen LogP contribution in [0.4, 0.5) is 5.69 Å². The summed E-state index contributed by atoms with van der Waals surface area (Å²) in [5.41, 5.74) is 6.18. The van der Waals surface area contributed by atoms with Crippen LogP contribution in [-0.2, 0) is 0 Å². The second-order valence-electron chi connectivity index (χ2n) is 1.59. The number of benzene rings is 1.